The maximum absolute atomic E-state index is 14.2. The number of Topliss-reactive ketones (excluding diaryl/α,β-unsaturated/α-hetero) is 4. The number of carbonyl (C=O) groups excluding carboxylic acids is 6. The predicted molar refractivity (Wildman–Crippen MR) is 164 cm³/mol. The molecule has 4 unspecified atom stereocenters. The van der Waals surface area contributed by atoms with Gasteiger partial charge in [0.25, 0.3) is 0 Å². The lowest BCUT2D eigenvalue weighted by Gasteiger charge is -2.52. The Kier molecular flexibility index (Phi) is 8.62. The van der Waals surface area contributed by atoms with Crippen molar-refractivity contribution in [2.24, 2.45) is 29.4 Å². The third-order valence-electron chi connectivity index (χ3n) is 9.62. The van der Waals surface area contributed by atoms with Gasteiger partial charge in [-0.25, -0.2) is 4.79 Å². The molecule has 5 N–H and O–H groups in total. The van der Waals surface area contributed by atoms with E-state index in [0.29, 0.717) is 28.9 Å². The van der Waals surface area contributed by atoms with Gasteiger partial charge in [0.05, 0.1) is 30.2 Å². The van der Waals surface area contributed by atoms with Crippen LogP contribution in [0.4, 0.5) is 5.69 Å². The molecule has 2 aromatic carbocycles. The number of primary amides is 1. The highest BCUT2D eigenvalue weighted by atomic mass is 16.5. The lowest BCUT2D eigenvalue weighted by Crippen LogP contribution is -2.74. The van der Waals surface area contributed by atoms with Crippen LogP contribution in [0, 0.1) is 23.7 Å². The number of ether oxygens (including phenoxy) is 1. The van der Waals surface area contributed by atoms with Crippen LogP contribution in [0.5, 0.6) is 5.75 Å². The molecule has 2 aromatic rings. The van der Waals surface area contributed by atoms with E-state index in [1.54, 1.807) is 63.4 Å². The van der Waals surface area contributed by atoms with Gasteiger partial charge < -0.3 is 30.9 Å². The van der Waals surface area contributed by atoms with E-state index >= 15 is 0 Å². The molecule has 0 bridgehead atoms. The van der Waals surface area contributed by atoms with Crippen molar-refractivity contribution in [3.8, 4) is 5.75 Å². The van der Waals surface area contributed by atoms with Gasteiger partial charge in [-0.1, -0.05) is 12.1 Å². The van der Waals surface area contributed by atoms with Crippen LogP contribution in [0.2, 0.25) is 0 Å². The highest BCUT2D eigenvalue weighted by molar-refractivity contribution is 6.32. The van der Waals surface area contributed by atoms with Gasteiger partial charge in [-0.2, -0.15) is 0 Å². The van der Waals surface area contributed by atoms with Crippen LogP contribution in [0.25, 0.3) is 0 Å². The zero-order valence-electron chi connectivity index (χ0n) is 26.3. The van der Waals surface area contributed by atoms with E-state index in [2.05, 4.69) is 5.32 Å². The lowest BCUT2D eigenvalue weighted by atomic mass is 9.52. The average molecular weight is 635 g/mol. The predicted octanol–water partition coefficient (Wildman–Crippen LogP) is 0.00940. The molecule has 0 saturated heterocycles. The topological polar surface area (TPSA) is 197 Å². The number of rotatable bonds is 8. The van der Waals surface area contributed by atoms with Gasteiger partial charge in [0.15, 0.2) is 34.7 Å². The monoisotopic (exact) mass is 634 g/mol. The molecule has 5 rings (SSSR count). The summed E-state index contributed by atoms with van der Waals surface area (Å²) in [5.74, 6) is -11.3. The third-order valence-corrected chi connectivity index (χ3v) is 9.62. The van der Waals surface area contributed by atoms with E-state index in [9.17, 15) is 39.0 Å². The molecule has 2 saturated carbocycles. The van der Waals surface area contributed by atoms with Crippen LogP contribution in [0.15, 0.2) is 30.3 Å². The summed E-state index contributed by atoms with van der Waals surface area (Å²) in [7, 11) is 7.97. The smallest absolute Gasteiger partial charge is 0.337 e. The van der Waals surface area contributed by atoms with E-state index in [-0.39, 0.29) is 30.7 Å². The number of carbonyl (C=O) groups is 6. The van der Waals surface area contributed by atoms with Gasteiger partial charge in [0.1, 0.15) is 5.75 Å². The largest absolute Gasteiger partial charge is 0.507 e. The van der Waals surface area contributed by atoms with Crippen LogP contribution in [-0.2, 0) is 43.4 Å². The number of anilines is 1. The maximum atomic E-state index is 14.2. The molecule has 0 aliphatic heterocycles. The maximum Gasteiger partial charge on any atom is 0.337 e. The van der Waals surface area contributed by atoms with Gasteiger partial charge in [-0.05, 0) is 62.2 Å². The molecular formula is C33H38N4O9. The summed E-state index contributed by atoms with van der Waals surface area (Å²) < 4.78 is 4.72. The number of nitrogens with zero attached hydrogens (tertiary/aromatic N) is 2. The first kappa shape index (κ1) is 32.9. The minimum atomic E-state index is -2.78. The lowest BCUT2D eigenvalue weighted by molar-refractivity contribution is -0.181. The summed E-state index contributed by atoms with van der Waals surface area (Å²) in [6.45, 7) is 0.515. The molecule has 46 heavy (non-hydrogen) atoms. The van der Waals surface area contributed by atoms with Crippen molar-refractivity contribution in [1.29, 1.82) is 0 Å². The van der Waals surface area contributed by atoms with Crippen molar-refractivity contribution >= 4 is 40.7 Å². The number of hydrogen-bond donors (Lipinski definition) is 4. The second-order valence-corrected chi connectivity index (χ2v) is 12.7. The quantitative estimate of drug-likeness (QED) is 0.225. The zero-order valence-corrected chi connectivity index (χ0v) is 26.3. The number of amides is 1. The number of ketones is 4. The molecule has 6 atom stereocenters. The molecule has 2 fully saturated rings. The summed E-state index contributed by atoms with van der Waals surface area (Å²) in [6, 6.07) is 7.40. The first-order valence-electron chi connectivity index (χ1n) is 14.9. The number of phenolic OH excluding ortho intramolecular Hbond substituents is 1. The summed E-state index contributed by atoms with van der Waals surface area (Å²) in [4.78, 5) is 82.3. The molecule has 3 aliphatic rings. The van der Waals surface area contributed by atoms with E-state index < -0.39 is 70.3 Å². The fraction of sp³-hybridized carbons (Fsp3) is 0.455. The zero-order chi connectivity index (χ0) is 33.8. The van der Waals surface area contributed by atoms with Gasteiger partial charge in [-0.3, -0.25) is 28.9 Å². The molecule has 3 aliphatic carbocycles. The number of benzene rings is 2. The molecule has 1 amide bonds. The standard InChI is InChI=1S/C33H38N4O9/c1-36(2)21-12-18(14-35-13-15-6-8-16(9-7-15)32(44)46-5)26(38)23-19(21)10-17-11-20-25(37(3)4)28(40)24(31(34)43)30(42)33(20,45)29(41)22(17)27(23)39/h6-9,12,17,20,22,24-25,35,38,45H,10-11,13-14H2,1-5H3,(H2,34,43)/t17?,20?,22?,24?,25-,33+/m1/s1. The Morgan fingerprint density at radius 3 is 2.26 bits per heavy atom. The van der Waals surface area contributed by atoms with Crippen molar-refractivity contribution in [3.05, 3.63) is 58.1 Å². The number of nitrogens with two attached hydrogens (primary N) is 1. The number of hydrogen-bond acceptors (Lipinski definition) is 12. The number of aliphatic hydroxyl groups is 1. The first-order chi connectivity index (χ1) is 21.6. The molecule has 0 spiro atoms. The van der Waals surface area contributed by atoms with E-state index in [1.165, 1.54) is 12.0 Å². The highest BCUT2D eigenvalue weighted by Crippen LogP contribution is 2.52. The molecule has 0 radical (unpaired) electrons. The second-order valence-electron chi connectivity index (χ2n) is 12.7. The number of methoxy groups -OCH3 is 1. The average Bonchev–Trinajstić information content (AvgIpc) is 2.99. The van der Waals surface area contributed by atoms with Crippen LogP contribution in [-0.4, -0.2) is 97.1 Å². The number of aromatic hydroxyl groups is 1. The van der Waals surface area contributed by atoms with Crippen LogP contribution < -0.4 is 16.0 Å². The van der Waals surface area contributed by atoms with Crippen LogP contribution in [0.1, 0.15) is 43.8 Å². The normalized spacial score (nSPS) is 27.2. The number of nitrogens with one attached hydrogen (secondary N) is 1. The minimum absolute atomic E-state index is 0.0183. The molecule has 244 valence electrons. The Morgan fingerprint density at radius 1 is 1.04 bits per heavy atom. The van der Waals surface area contributed by atoms with Crippen molar-refractivity contribution in [3.63, 3.8) is 0 Å². The van der Waals surface area contributed by atoms with E-state index in [4.69, 9.17) is 10.5 Å². The SMILES string of the molecule is COC(=O)c1ccc(CNCc2cc(N(C)C)c3c(c2O)C(=O)C2C(=O)[C@]4(O)C(=O)C(C(N)=O)C(=O)[C@H](N(C)C)C4CC2C3)cc1. The van der Waals surface area contributed by atoms with Crippen LogP contribution in [0.3, 0.4) is 0 Å². The summed E-state index contributed by atoms with van der Waals surface area (Å²) >= 11 is 0. The molecular weight excluding hydrogens is 596 g/mol. The highest BCUT2D eigenvalue weighted by Gasteiger charge is 2.69. The van der Waals surface area contributed by atoms with Gasteiger partial charge in [0.2, 0.25) is 5.91 Å². The summed E-state index contributed by atoms with van der Waals surface area (Å²) in [5.41, 5.74) is 5.39. The Morgan fingerprint density at radius 2 is 1.70 bits per heavy atom. The number of esters is 1. The van der Waals surface area contributed by atoms with Gasteiger partial charge in [-0.15, -0.1) is 0 Å². The fourth-order valence-electron chi connectivity index (χ4n) is 7.46. The Bertz CT molecular complexity index is 1650. The number of phenols is 1. The minimum Gasteiger partial charge on any atom is -0.507 e. The molecule has 0 heterocycles. The van der Waals surface area contributed by atoms with E-state index in [1.807, 2.05) is 0 Å². The molecule has 13 heteroatoms. The summed E-state index contributed by atoms with van der Waals surface area (Å²) in [6.07, 6.45) is 0.156. The van der Waals surface area contributed by atoms with Crippen molar-refractivity contribution in [2.75, 3.05) is 40.2 Å². The van der Waals surface area contributed by atoms with Gasteiger partial charge >= 0.3 is 5.97 Å². The summed E-state index contributed by atoms with van der Waals surface area (Å²) in [5, 5.41) is 26.5. The van der Waals surface area contributed by atoms with E-state index in [0.717, 1.165) is 5.56 Å². The number of likely N-dealkylation sites (N-methyl/N-ethyl adjacent to an activating group) is 1. The Balaban J connectivity index is 1.49. The Hall–Kier alpha value is -4.46. The van der Waals surface area contributed by atoms with Crippen molar-refractivity contribution in [1.82, 2.24) is 10.2 Å². The third kappa shape index (κ3) is 5.08. The van der Waals surface area contributed by atoms with Crippen LogP contribution >= 0.6 is 0 Å². The van der Waals surface area contributed by atoms with Crippen molar-refractivity contribution < 1.29 is 43.7 Å². The first-order valence-corrected chi connectivity index (χ1v) is 14.9. The fourth-order valence-corrected chi connectivity index (χ4v) is 7.46. The van der Waals surface area contributed by atoms with Gasteiger partial charge in [0, 0.05) is 44.4 Å². The van der Waals surface area contributed by atoms with Crippen molar-refractivity contribution in [2.45, 2.75) is 37.6 Å². The molecule has 13 nitrogen and oxygen atoms in total. The second kappa shape index (κ2) is 12.0. The molecule has 0 aromatic heterocycles. The number of fused-ring (bicyclic) bond motifs is 3. The Labute approximate surface area is 265 Å².